The van der Waals surface area contributed by atoms with Crippen LogP contribution in [-0.2, 0) is 4.74 Å². The van der Waals surface area contributed by atoms with Gasteiger partial charge in [-0.05, 0) is 18.6 Å². The lowest BCUT2D eigenvalue weighted by Gasteiger charge is -2.43. The molecule has 1 atom stereocenters. The highest BCUT2D eigenvalue weighted by Gasteiger charge is 2.37. The Balaban J connectivity index is 1.94. The molecule has 0 aromatic carbocycles. The summed E-state index contributed by atoms with van der Waals surface area (Å²) in [6.07, 6.45) is 2.00. The number of hydrogen-bond donors (Lipinski definition) is 1. The summed E-state index contributed by atoms with van der Waals surface area (Å²) in [6.45, 7) is 2.34. The normalized spacial score (nSPS) is 20.4. The highest BCUT2D eigenvalue weighted by molar-refractivity contribution is 5.88. The minimum absolute atomic E-state index is 0.0555. The van der Waals surface area contributed by atoms with Gasteiger partial charge in [0.2, 0.25) is 0 Å². The van der Waals surface area contributed by atoms with E-state index in [2.05, 4.69) is 28.9 Å². The number of hydrogen-bond acceptors (Lipinski definition) is 4. The molecular formula is C15H21F2N3O3. The van der Waals surface area contributed by atoms with Crippen LogP contribution in [0.1, 0.15) is 20.3 Å². The second-order valence-corrected chi connectivity index (χ2v) is 6.11. The number of aromatic nitrogens is 1. The molecule has 0 radical (unpaired) electrons. The lowest BCUT2D eigenvalue weighted by molar-refractivity contribution is -0.0500. The fourth-order valence-electron chi connectivity index (χ4n) is 2.76. The van der Waals surface area contributed by atoms with Gasteiger partial charge in [0.25, 0.3) is 0 Å². The third-order valence-corrected chi connectivity index (χ3v) is 3.90. The number of alkyl halides is 2. The van der Waals surface area contributed by atoms with Gasteiger partial charge >= 0.3 is 12.6 Å². The van der Waals surface area contributed by atoms with Crippen molar-refractivity contribution in [2.24, 2.45) is 5.41 Å². The number of rotatable bonds is 4. The van der Waals surface area contributed by atoms with Gasteiger partial charge in [0.15, 0.2) is 0 Å². The number of carbonyl (C=O) groups excluding carboxylic acids is 1. The predicted molar refractivity (Wildman–Crippen MR) is 80.7 cm³/mol. The fourth-order valence-corrected chi connectivity index (χ4v) is 2.76. The topological polar surface area (TPSA) is 63.7 Å². The highest BCUT2D eigenvalue weighted by atomic mass is 19.3. The average Bonchev–Trinajstić information content (AvgIpc) is 2.47. The van der Waals surface area contributed by atoms with Crippen LogP contribution in [0.15, 0.2) is 18.3 Å². The number of methoxy groups -OCH3 is 1. The Morgan fingerprint density at radius 2 is 2.22 bits per heavy atom. The van der Waals surface area contributed by atoms with Crippen molar-refractivity contribution < 1.29 is 23.0 Å². The van der Waals surface area contributed by atoms with Crippen molar-refractivity contribution in [2.75, 3.05) is 25.5 Å². The summed E-state index contributed by atoms with van der Waals surface area (Å²) in [4.78, 5) is 17.9. The quantitative estimate of drug-likeness (QED) is 0.922. The number of ether oxygens (including phenoxy) is 2. The van der Waals surface area contributed by atoms with Gasteiger partial charge in [0.1, 0.15) is 11.6 Å². The second kappa shape index (κ2) is 7.08. The number of likely N-dealkylation sites (tertiary alicyclic amines) is 1. The summed E-state index contributed by atoms with van der Waals surface area (Å²) >= 11 is 0. The maximum atomic E-state index is 12.3. The molecule has 1 aliphatic heterocycles. The number of amides is 2. The number of halogens is 2. The van der Waals surface area contributed by atoms with E-state index < -0.39 is 6.61 Å². The Morgan fingerprint density at radius 3 is 2.74 bits per heavy atom. The monoisotopic (exact) mass is 329 g/mol. The summed E-state index contributed by atoms with van der Waals surface area (Å²) < 4.78 is 33.8. The molecule has 1 aromatic heterocycles. The molecule has 1 N–H and O–H groups in total. The molecule has 128 valence electrons. The molecule has 1 saturated heterocycles. The molecule has 23 heavy (non-hydrogen) atoms. The third-order valence-electron chi connectivity index (χ3n) is 3.90. The SMILES string of the molecule is CO[C@H]1CCN(C(=O)Nc2ccc(OC(F)F)cn2)CC1(C)C. The lowest BCUT2D eigenvalue weighted by atomic mass is 9.81. The zero-order valence-corrected chi connectivity index (χ0v) is 13.4. The van der Waals surface area contributed by atoms with Crippen LogP contribution in [0.2, 0.25) is 0 Å². The minimum atomic E-state index is -2.90. The summed E-state index contributed by atoms with van der Waals surface area (Å²) in [6, 6.07) is 2.47. The van der Waals surface area contributed by atoms with Gasteiger partial charge in [0, 0.05) is 25.6 Å². The molecule has 1 aliphatic rings. The first-order valence-electron chi connectivity index (χ1n) is 7.31. The zero-order chi connectivity index (χ0) is 17.0. The van der Waals surface area contributed by atoms with Crippen LogP contribution < -0.4 is 10.1 Å². The molecule has 2 amide bonds. The van der Waals surface area contributed by atoms with Crippen LogP contribution in [0.3, 0.4) is 0 Å². The molecule has 0 aliphatic carbocycles. The van der Waals surface area contributed by atoms with E-state index in [1.807, 2.05) is 0 Å². The van der Waals surface area contributed by atoms with E-state index in [1.54, 1.807) is 12.0 Å². The van der Waals surface area contributed by atoms with Gasteiger partial charge in [-0.3, -0.25) is 5.32 Å². The molecule has 8 heteroatoms. The van der Waals surface area contributed by atoms with Crippen molar-refractivity contribution in [2.45, 2.75) is 33.0 Å². The fraction of sp³-hybridized carbons (Fsp3) is 0.600. The summed E-state index contributed by atoms with van der Waals surface area (Å²) in [7, 11) is 1.68. The van der Waals surface area contributed by atoms with Crippen LogP contribution in [-0.4, -0.2) is 48.8 Å². The highest BCUT2D eigenvalue weighted by Crippen LogP contribution is 2.31. The predicted octanol–water partition coefficient (Wildman–Crippen LogP) is 2.96. The van der Waals surface area contributed by atoms with E-state index >= 15 is 0 Å². The van der Waals surface area contributed by atoms with Gasteiger partial charge in [0.05, 0.1) is 12.3 Å². The van der Waals surface area contributed by atoms with Crippen molar-refractivity contribution in [3.05, 3.63) is 18.3 Å². The van der Waals surface area contributed by atoms with Crippen LogP contribution in [0.5, 0.6) is 5.75 Å². The Kier molecular flexibility index (Phi) is 5.35. The van der Waals surface area contributed by atoms with Crippen LogP contribution in [0.25, 0.3) is 0 Å². The minimum Gasteiger partial charge on any atom is -0.433 e. The van der Waals surface area contributed by atoms with E-state index in [1.165, 1.54) is 12.1 Å². The lowest BCUT2D eigenvalue weighted by Crippen LogP contribution is -2.52. The van der Waals surface area contributed by atoms with Crippen molar-refractivity contribution in [3.63, 3.8) is 0 Å². The van der Waals surface area contributed by atoms with E-state index in [0.717, 1.165) is 12.6 Å². The standard InChI is InChI=1S/C15H21F2N3O3/c1-15(2)9-20(7-6-11(15)22-3)14(21)19-12-5-4-10(8-18-12)23-13(16)17/h4-5,8,11,13H,6-7,9H2,1-3H3,(H,18,19,21)/t11-/m0/s1. The second-order valence-electron chi connectivity index (χ2n) is 6.11. The van der Waals surface area contributed by atoms with E-state index in [-0.39, 0.29) is 29.1 Å². The van der Waals surface area contributed by atoms with Gasteiger partial charge in [-0.1, -0.05) is 13.8 Å². The van der Waals surface area contributed by atoms with Crippen LogP contribution in [0.4, 0.5) is 19.4 Å². The number of nitrogens with one attached hydrogen (secondary N) is 1. The van der Waals surface area contributed by atoms with Crippen molar-refractivity contribution in [3.8, 4) is 5.75 Å². The molecule has 0 spiro atoms. The molecule has 2 heterocycles. The Morgan fingerprint density at radius 1 is 1.48 bits per heavy atom. The average molecular weight is 329 g/mol. The number of anilines is 1. The molecule has 0 unspecified atom stereocenters. The Labute approximate surface area is 133 Å². The van der Waals surface area contributed by atoms with E-state index in [9.17, 15) is 13.6 Å². The maximum Gasteiger partial charge on any atom is 0.387 e. The van der Waals surface area contributed by atoms with Crippen molar-refractivity contribution >= 4 is 11.8 Å². The van der Waals surface area contributed by atoms with E-state index in [0.29, 0.717) is 13.1 Å². The zero-order valence-electron chi connectivity index (χ0n) is 13.4. The number of carbonyl (C=O) groups is 1. The summed E-state index contributed by atoms with van der Waals surface area (Å²) in [5.41, 5.74) is -0.146. The molecule has 2 rings (SSSR count). The largest absolute Gasteiger partial charge is 0.433 e. The number of urea groups is 1. The van der Waals surface area contributed by atoms with Gasteiger partial charge in [-0.25, -0.2) is 9.78 Å². The Bertz CT molecular complexity index is 537. The summed E-state index contributed by atoms with van der Waals surface area (Å²) in [5, 5.41) is 2.65. The molecule has 0 saturated carbocycles. The molecule has 1 aromatic rings. The molecule has 0 bridgehead atoms. The molecule has 1 fully saturated rings. The van der Waals surface area contributed by atoms with Crippen molar-refractivity contribution in [1.29, 1.82) is 0 Å². The smallest absolute Gasteiger partial charge is 0.387 e. The van der Waals surface area contributed by atoms with Gasteiger partial charge in [-0.2, -0.15) is 8.78 Å². The first kappa shape index (κ1) is 17.4. The van der Waals surface area contributed by atoms with E-state index in [4.69, 9.17) is 4.74 Å². The van der Waals surface area contributed by atoms with Crippen molar-refractivity contribution in [1.82, 2.24) is 9.88 Å². The number of pyridine rings is 1. The molecule has 6 nitrogen and oxygen atoms in total. The first-order valence-corrected chi connectivity index (χ1v) is 7.31. The number of nitrogens with zero attached hydrogens (tertiary/aromatic N) is 2. The van der Waals surface area contributed by atoms with Crippen LogP contribution in [0, 0.1) is 5.41 Å². The molecular weight excluding hydrogens is 308 g/mol. The van der Waals surface area contributed by atoms with Gasteiger partial charge in [-0.15, -0.1) is 0 Å². The summed E-state index contributed by atoms with van der Waals surface area (Å²) in [5.74, 6) is 0.225. The maximum absolute atomic E-state index is 12.3. The number of piperidine rings is 1. The van der Waals surface area contributed by atoms with Gasteiger partial charge < -0.3 is 14.4 Å². The Hall–Kier alpha value is -1.96. The van der Waals surface area contributed by atoms with Crippen LogP contribution >= 0.6 is 0 Å². The third kappa shape index (κ3) is 4.51. The first-order chi connectivity index (χ1) is 10.8.